The molecule has 72 valence electrons. The van der Waals surface area contributed by atoms with Crippen LogP contribution in [0, 0.1) is 0 Å². The van der Waals surface area contributed by atoms with Crippen molar-refractivity contribution in [2.45, 2.75) is 0 Å². The van der Waals surface area contributed by atoms with E-state index in [-0.39, 0.29) is 0 Å². The highest BCUT2D eigenvalue weighted by atomic mass is 16.5. The summed E-state index contributed by atoms with van der Waals surface area (Å²) in [4.78, 5) is 10.5. The molecule has 0 saturated heterocycles. The molecular formula is C10H10N2O2. The van der Waals surface area contributed by atoms with Crippen molar-refractivity contribution in [2.24, 2.45) is 12.8 Å². The van der Waals surface area contributed by atoms with Crippen LogP contribution in [0.2, 0.25) is 0 Å². The topological polar surface area (TPSA) is 57.2 Å². The second-order valence-corrected chi connectivity index (χ2v) is 3.07. The monoisotopic (exact) mass is 190 g/mol. The Morgan fingerprint density at radius 3 is 2.93 bits per heavy atom. The molecule has 1 amide bonds. The first-order chi connectivity index (χ1) is 6.66. The van der Waals surface area contributed by atoms with Gasteiger partial charge in [-0.1, -0.05) is 0 Å². The molecular weight excluding hydrogens is 180 g/mol. The van der Waals surface area contributed by atoms with Gasteiger partial charge in [-0.15, -0.1) is 0 Å². The Hall–Kier alpha value is -1.97. The maximum absolute atomic E-state index is 10.5. The quantitative estimate of drug-likeness (QED) is 0.743. The van der Waals surface area contributed by atoms with Crippen LogP contribution in [0.15, 0.2) is 30.5 Å². The van der Waals surface area contributed by atoms with Crippen molar-refractivity contribution >= 4 is 17.0 Å². The summed E-state index contributed by atoms with van der Waals surface area (Å²) in [5, 5.41) is 1.02. The van der Waals surface area contributed by atoms with E-state index in [4.69, 9.17) is 10.5 Å². The molecule has 0 saturated carbocycles. The minimum absolute atomic E-state index is 0.469. The summed E-state index contributed by atoms with van der Waals surface area (Å²) in [5.74, 6) is 0.469. The van der Waals surface area contributed by atoms with Crippen LogP contribution in [0.5, 0.6) is 5.75 Å². The number of amides is 1. The van der Waals surface area contributed by atoms with Crippen LogP contribution in [-0.4, -0.2) is 10.7 Å². The molecule has 1 aromatic carbocycles. The van der Waals surface area contributed by atoms with Gasteiger partial charge in [-0.05, 0) is 24.3 Å². The Labute approximate surface area is 80.9 Å². The summed E-state index contributed by atoms with van der Waals surface area (Å²) in [5.41, 5.74) is 5.99. The van der Waals surface area contributed by atoms with Crippen LogP contribution < -0.4 is 10.5 Å². The molecule has 0 spiro atoms. The van der Waals surface area contributed by atoms with Gasteiger partial charge in [0.1, 0.15) is 5.75 Å². The van der Waals surface area contributed by atoms with Crippen molar-refractivity contribution in [1.29, 1.82) is 0 Å². The number of fused-ring (bicyclic) bond motifs is 1. The number of carbonyl (C=O) groups is 1. The maximum atomic E-state index is 10.5. The Bertz CT molecular complexity index is 488. The Balaban J connectivity index is 2.46. The number of aromatic nitrogens is 1. The fraction of sp³-hybridized carbons (Fsp3) is 0.100. The number of benzene rings is 1. The average molecular weight is 190 g/mol. The molecule has 4 heteroatoms. The molecule has 0 radical (unpaired) electrons. The van der Waals surface area contributed by atoms with Gasteiger partial charge in [0.15, 0.2) is 0 Å². The zero-order chi connectivity index (χ0) is 10.1. The molecule has 0 fully saturated rings. The van der Waals surface area contributed by atoms with Crippen molar-refractivity contribution < 1.29 is 9.53 Å². The standard InChI is InChI=1S/C10H10N2O2/c1-12-5-4-7-6-8(14-10(11)13)2-3-9(7)12/h2-6H,1H3,(H2,11,13). The molecule has 2 aromatic rings. The molecule has 0 atom stereocenters. The molecule has 2 rings (SSSR count). The number of aryl methyl sites for hydroxylation is 1. The smallest absolute Gasteiger partial charge is 0.409 e. The molecule has 2 N–H and O–H groups in total. The number of hydrogen-bond donors (Lipinski definition) is 1. The molecule has 0 aliphatic rings. The third-order valence-electron chi connectivity index (χ3n) is 2.08. The summed E-state index contributed by atoms with van der Waals surface area (Å²) in [6, 6.07) is 7.32. The van der Waals surface area contributed by atoms with Crippen molar-refractivity contribution in [3.8, 4) is 5.75 Å². The summed E-state index contributed by atoms with van der Waals surface area (Å²) in [6.07, 6.45) is 1.15. The Morgan fingerprint density at radius 2 is 2.21 bits per heavy atom. The summed E-state index contributed by atoms with van der Waals surface area (Å²) in [7, 11) is 1.96. The van der Waals surface area contributed by atoms with E-state index in [2.05, 4.69) is 0 Å². The lowest BCUT2D eigenvalue weighted by molar-refractivity contribution is 0.211. The number of carbonyl (C=O) groups excluding carboxylic acids is 1. The van der Waals surface area contributed by atoms with Crippen LogP contribution in [0.4, 0.5) is 4.79 Å². The number of hydrogen-bond acceptors (Lipinski definition) is 2. The second-order valence-electron chi connectivity index (χ2n) is 3.07. The number of ether oxygens (including phenoxy) is 1. The highest BCUT2D eigenvalue weighted by Crippen LogP contribution is 2.21. The largest absolute Gasteiger partial charge is 0.410 e. The second kappa shape index (κ2) is 3.06. The molecule has 0 aliphatic heterocycles. The zero-order valence-electron chi connectivity index (χ0n) is 7.73. The van der Waals surface area contributed by atoms with Crippen LogP contribution in [-0.2, 0) is 7.05 Å². The summed E-state index contributed by atoms with van der Waals surface area (Å²) < 4.78 is 6.75. The maximum Gasteiger partial charge on any atom is 0.409 e. The summed E-state index contributed by atoms with van der Waals surface area (Å²) >= 11 is 0. The van der Waals surface area contributed by atoms with Crippen molar-refractivity contribution in [1.82, 2.24) is 4.57 Å². The molecule has 0 unspecified atom stereocenters. The van der Waals surface area contributed by atoms with Gasteiger partial charge in [-0.25, -0.2) is 4.79 Å². The SMILES string of the molecule is Cn1ccc2cc(OC(N)=O)ccc21. The lowest BCUT2D eigenvalue weighted by Crippen LogP contribution is -2.16. The Kier molecular flexibility index (Phi) is 1.89. The predicted molar refractivity (Wildman–Crippen MR) is 53.1 cm³/mol. The van der Waals surface area contributed by atoms with Gasteiger partial charge in [-0.3, -0.25) is 0 Å². The molecule has 0 bridgehead atoms. The normalized spacial score (nSPS) is 10.4. The predicted octanol–water partition coefficient (Wildman–Crippen LogP) is 1.64. The lowest BCUT2D eigenvalue weighted by Gasteiger charge is -2.01. The first-order valence-corrected chi connectivity index (χ1v) is 4.19. The van der Waals surface area contributed by atoms with E-state index >= 15 is 0 Å². The summed E-state index contributed by atoms with van der Waals surface area (Å²) in [6.45, 7) is 0. The van der Waals surface area contributed by atoms with E-state index in [1.54, 1.807) is 12.1 Å². The van der Waals surface area contributed by atoms with Crippen LogP contribution in [0.3, 0.4) is 0 Å². The molecule has 4 nitrogen and oxygen atoms in total. The van der Waals surface area contributed by atoms with E-state index in [0.717, 1.165) is 10.9 Å². The zero-order valence-corrected chi connectivity index (χ0v) is 7.73. The highest BCUT2D eigenvalue weighted by molar-refractivity contribution is 5.82. The minimum atomic E-state index is -0.791. The van der Waals surface area contributed by atoms with Gasteiger partial charge >= 0.3 is 6.09 Å². The molecule has 1 heterocycles. The van der Waals surface area contributed by atoms with E-state index in [9.17, 15) is 4.79 Å². The van der Waals surface area contributed by atoms with Crippen molar-refractivity contribution in [2.75, 3.05) is 0 Å². The fourth-order valence-corrected chi connectivity index (χ4v) is 1.44. The fourth-order valence-electron chi connectivity index (χ4n) is 1.44. The third-order valence-corrected chi connectivity index (χ3v) is 2.08. The van der Waals surface area contributed by atoms with E-state index < -0.39 is 6.09 Å². The minimum Gasteiger partial charge on any atom is -0.410 e. The Morgan fingerprint density at radius 1 is 1.43 bits per heavy atom. The number of rotatable bonds is 1. The first-order valence-electron chi connectivity index (χ1n) is 4.19. The van der Waals surface area contributed by atoms with E-state index in [1.807, 2.05) is 29.9 Å². The molecule has 0 aliphatic carbocycles. The van der Waals surface area contributed by atoms with E-state index in [1.165, 1.54) is 0 Å². The molecule has 1 aromatic heterocycles. The van der Waals surface area contributed by atoms with Gasteiger partial charge in [0.25, 0.3) is 0 Å². The average Bonchev–Trinajstić information content (AvgIpc) is 2.46. The first kappa shape index (κ1) is 8.62. The van der Waals surface area contributed by atoms with Gasteiger partial charge in [0.2, 0.25) is 0 Å². The van der Waals surface area contributed by atoms with Crippen molar-refractivity contribution in [3.63, 3.8) is 0 Å². The lowest BCUT2D eigenvalue weighted by atomic mass is 10.2. The van der Waals surface area contributed by atoms with Crippen molar-refractivity contribution in [3.05, 3.63) is 30.5 Å². The van der Waals surface area contributed by atoms with Crippen LogP contribution >= 0.6 is 0 Å². The van der Waals surface area contributed by atoms with Gasteiger partial charge in [0.05, 0.1) is 0 Å². The molecule has 14 heavy (non-hydrogen) atoms. The van der Waals surface area contributed by atoms with Crippen LogP contribution in [0.1, 0.15) is 0 Å². The number of primary amides is 1. The highest BCUT2D eigenvalue weighted by Gasteiger charge is 2.02. The number of nitrogens with zero attached hydrogens (tertiary/aromatic N) is 1. The third kappa shape index (κ3) is 1.42. The van der Waals surface area contributed by atoms with Gasteiger partial charge in [-0.2, -0.15) is 0 Å². The number of nitrogens with two attached hydrogens (primary N) is 1. The van der Waals surface area contributed by atoms with Gasteiger partial charge in [0, 0.05) is 24.1 Å². The van der Waals surface area contributed by atoms with Crippen LogP contribution in [0.25, 0.3) is 10.9 Å². The van der Waals surface area contributed by atoms with Gasteiger partial charge < -0.3 is 15.0 Å². The van der Waals surface area contributed by atoms with E-state index in [0.29, 0.717) is 5.75 Å².